The number of benzene rings is 2. The Morgan fingerprint density at radius 2 is 2.02 bits per heavy atom. The monoisotopic (exact) mass is 585 g/mol. The van der Waals surface area contributed by atoms with Gasteiger partial charge in [-0.05, 0) is 54.8 Å². The van der Waals surface area contributed by atoms with E-state index in [2.05, 4.69) is 20.5 Å². The van der Waals surface area contributed by atoms with Gasteiger partial charge in [0.1, 0.15) is 23.3 Å². The average Bonchev–Trinajstić information content (AvgIpc) is 3.53. The Morgan fingerprint density at radius 1 is 1.12 bits per heavy atom. The van der Waals surface area contributed by atoms with Gasteiger partial charge in [-0.25, -0.2) is 24.1 Å². The van der Waals surface area contributed by atoms with Gasteiger partial charge in [0.05, 0.1) is 51.7 Å². The molecular formula is C31H28FN5O4S. The summed E-state index contributed by atoms with van der Waals surface area (Å²) in [7, 11) is 0. The van der Waals surface area contributed by atoms with Crippen molar-refractivity contribution in [3.8, 4) is 5.88 Å². The number of ether oxygens (including phenoxy) is 2. The lowest BCUT2D eigenvalue weighted by atomic mass is 10.0. The third-order valence-corrected chi connectivity index (χ3v) is 8.71. The summed E-state index contributed by atoms with van der Waals surface area (Å²) in [5.41, 5.74) is 4.55. The fraction of sp³-hybridized carbons (Fsp3) is 0.290. The van der Waals surface area contributed by atoms with Crippen molar-refractivity contribution in [1.29, 1.82) is 0 Å². The molecule has 214 valence electrons. The van der Waals surface area contributed by atoms with Crippen LogP contribution in [0.25, 0.3) is 26.8 Å². The van der Waals surface area contributed by atoms with Crippen molar-refractivity contribution in [1.82, 2.24) is 24.4 Å². The van der Waals surface area contributed by atoms with Crippen molar-refractivity contribution in [2.45, 2.75) is 38.6 Å². The number of rotatable bonds is 9. The van der Waals surface area contributed by atoms with E-state index in [9.17, 15) is 14.3 Å². The van der Waals surface area contributed by atoms with E-state index in [1.165, 1.54) is 23.5 Å². The Labute approximate surface area is 244 Å². The lowest BCUT2D eigenvalue weighted by Gasteiger charge is -2.29. The molecule has 7 rings (SSSR count). The average molecular weight is 586 g/mol. The summed E-state index contributed by atoms with van der Waals surface area (Å²) in [5.74, 6) is 0.182. The Kier molecular flexibility index (Phi) is 7.14. The highest BCUT2D eigenvalue weighted by Crippen LogP contribution is 2.27. The van der Waals surface area contributed by atoms with Crippen LogP contribution in [0.15, 0.2) is 60.7 Å². The predicted molar refractivity (Wildman–Crippen MR) is 157 cm³/mol. The predicted octanol–water partition coefficient (Wildman–Crippen LogP) is 5.54. The van der Waals surface area contributed by atoms with Crippen LogP contribution in [0.5, 0.6) is 5.88 Å². The van der Waals surface area contributed by atoms with Crippen LogP contribution >= 0.6 is 11.3 Å². The zero-order chi connectivity index (χ0) is 28.6. The molecule has 0 aliphatic carbocycles. The molecule has 11 heteroatoms. The normalized spacial score (nSPS) is 17.4. The second kappa shape index (κ2) is 11.2. The molecule has 0 unspecified atom stereocenters. The van der Waals surface area contributed by atoms with Gasteiger partial charge in [0.25, 0.3) is 0 Å². The maximum atomic E-state index is 13.5. The number of hydrogen-bond acceptors (Lipinski definition) is 8. The quantitative estimate of drug-likeness (QED) is 0.241. The highest BCUT2D eigenvalue weighted by molar-refractivity contribution is 7.18. The van der Waals surface area contributed by atoms with Crippen LogP contribution in [0.4, 0.5) is 4.39 Å². The molecule has 2 aliphatic heterocycles. The van der Waals surface area contributed by atoms with Gasteiger partial charge in [-0.2, -0.15) is 0 Å². The zero-order valence-electron chi connectivity index (χ0n) is 22.7. The number of pyridine rings is 1. The summed E-state index contributed by atoms with van der Waals surface area (Å²) in [5, 5.41) is 10.3. The number of aromatic carboxylic acids is 1. The van der Waals surface area contributed by atoms with Crippen molar-refractivity contribution in [3.63, 3.8) is 0 Å². The third-order valence-electron chi connectivity index (χ3n) is 7.70. The van der Waals surface area contributed by atoms with Crippen LogP contribution < -0.4 is 4.74 Å². The topological polar surface area (TPSA) is 103 Å². The molecule has 0 radical (unpaired) electrons. The molecule has 1 N–H and O–H groups in total. The Hall–Kier alpha value is -4.19. The van der Waals surface area contributed by atoms with Crippen LogP contribution in [-0.2, 0) is 24.4 Å². The van der Waals surface area contributed by atoms with Crippen molar-refractivity contribution < 1.29 is 23.8 Å². The molecule has 1 saturated heterocycles. The van der Waals surface area contributed by atoms with Gasteiger partial charge in [0.15, 0.2) is 0 Å². The van der Waals surface area contributed by atoms with Gasteiger partial charge >= 0.3 is 5.97 Å². The lowest BCUT2D eigenvalue weighted by Crippen LogP contribution is -2.33. The number of aromatic nitrogens is 4. The number of carbonyl (C=O) groups is 1. The van der Waals surface area contributed by atoms with Gasteiger partial charge < -0.3 is 19.1 Å². The number of imidazole rings is 1. The molecule has 2 aromatic carbocycles. The molecular weight excluding hydrogens is 557 g/mol. The molecule has 1 fully saturated rings. The molecule has 0 spiro atoms. The van der Waals surface area contributed by atoms with E-state index < -0.39 is 5.97 Å². The van der Waals surface area contributed by atoms with Gasteiger partial charge in [-0.1, -0.05) is 12.1 Å². The summed E-state index contributed by atoms with van der Waals surface area (Å²) in [4.78, 5) is 28.0. The minimum atomic E-state index is -0.948. The molecule has 42 heavy (non-hydrogen) atoms. The molecule has 2 aliphatic rings. The summed E-state index contributed by atoms with van der Waals surface area (Å²) >= 11 is 1.48. The molecule has 0 amide bonds. The van der Waals surface area contributed by atoms with E-state index in [1.807, 2.05) is 18.2 Å². The van der Waals surface area contributed by atoms with Crippen LogP contribution in [-0.4, -0.2) is 61.3 Å². The molecule has 1 atom stereocenters. The summed E-state index contributed by atoms with van der Waals surface area (Å²) in [6.45, 7) is 3.92. The van der Waals surface area contributed by atoms with Crippen LogP contribution in [0.3, 0.4) is 0 Å². The maximum absolute atomic E-state index is 13.5. The molecule has 5 heterocycles. The van der Waals surface area contributed by atoms with Gasteiger partial charge in [0.2, 0.25) is 5.88 Å². The third kappa shape index (κ3) is 5.50. The second-order valence-electron chi connectivity index (χ2n) is 10.5. The Bertz CT molecular complexity index is 1830. The fourth-order valence-electron chi connectivity index (χ4n) is 5.37. The minimum Gasteiger partial charge on any atom is -0.478 e. The highest BCUT2D eigenvalue weighted by atomic mass is 32.1. The smallest absolute Gasteiger partial charge is 0.335 e. The van der Waals surface area contributed by atoms with E-state index in [0.29, 0.717) is 24.5 Å². The van der Waals surface area contributed by atoms with Gasteiger partial charge in [-0.15, -0.1) is 11.3 Å². The summed E-state index contributed by atoms with van der Waals surface area (Å²) in [6, 6.07) is 15.5. The molecule has 0 bridgehead atoms. The van der Waals surface area contributed by atoms with Crippen molar-refractivity contribution >= 4 is 44.1 Å². The summed E-state index contributed by atoms with van der Waals surface area (Å²) in [6.07, 6.45) is 4.14. The van der Waals surface area contributed by atoms with Crippen molar-refractivity contribution in [3.05, 3.63) is 88.6 Å². The summed E-state index contributed by atoms with van der Waals surface area (Å²) < 4.78 is 28.2. The first-order valence-electron chi connectivity index (χ1n) is 13.9. The van der Waals surface area contributed by atoms with E-state index >= 15 is 0 Å². The van der Waals surface area contributed by atoms with E-state index in [4.69, 9.17) is 19.4 Å². The number of hydrogen-bond donors (Lipinski definition) is 1. The number of thiazole rings is 1. The number of fused-ring (bicyclic) bond motifs is 2. The fourth-order valence-corrected chi connectivity index (χ4v) is 6.23. The second-order valence-corrected chi connectivity index (χ2v) is 11.6. The first-order valence-corrected chi connectivity index (χ1v) is 14.7. The Balaban J connectivity index is 1.03. The SMILES string of the molecule is O=C(O)c1ccc2nc(CN3CC=C(c4cccc(OCc5nc6cc(F)ccc6s5)n4)CC3)n(C[C@@H]3CCO3)c2c1. The molecule has 5 aromatic rings. The largest absolute Gasteiger partial charge is 0.478 e. The number of nitrogens with zero attached hydrogens (tertiary/aromatic N) is 5. The van der Waals surface area contributed by atoms with Gasteiger partial charge in [0, 0.05) is 31.8 Å². The zero-order valence-corrected chi connectivity index (χ0v) is 23.5. The maximum Gasteiger partial charge on any atom is 0.335 e. The minimum absolute atomic E-state index is 0.126. The van der Waals surface area contributed by atoms with E-state index in [-0.39, 0.29) is 24.1 Å². The van der Waals surface area contributed by atoms with Crippen molar-refractivity contribution in [2.24, 2.45) is 0 Å². The van der Waals surface area contributed by atoms with Crippen LogP contribution in [0, 0.1) is 5.82 Å². The molecule has 3 aromatic heterocycles. The van der Waals surface area contributed by atoms with Crippen LogP contribution in [0.2, 0.25) is 0 Å². The van der Waals surface area contributed by atoms with Crippen molar-refractivity contribution in [2.75, 3.05) is 19.7 Å². The van der Waals surface area contributed by atoms with Gasteiger partial charge in [-0.3, -0.25) is 4.90 Å². The molecule has 0 saturated carbocycles. The standard InChI is InChI=1S/C31H28FN5O4S/c32-21-5-7-27-25(15-21)35-30(42-27)18-41-29-3-1-2-23(34-29)19-8-11-36(12-9-19)17-28-33-24-6-4-20(31(38)39)14-26(24)37(28)16-22-10-13-40-22/h1-8,14-15,22H,9-13,16-18H2,(H,38,39)/t22-/m0/s1. The first-order chi connectivity index (χ1) is 20.5. The van der Waals surface area contributed by atoms with E-state index in [1.54, 1.807) is 24.3 Å². The van der Waals surface area contributed by atoms with Crippen LogP contribution in [0.1, 0.15) is 39.7 Å². The molecule has 9 nitrogen and oxygen atoms in total. The highest BCUT2D eigenvalue weighted by Gasteiger charge is 2.24. The number of carboxylic acids is 1. The number of carboxylic acid groups (broad SMARTS) is 1. The first kappa shape index (κ1) is 26.7. The van der Waals surface area contributed by atoms with E-state index in [0.717, 1.165) is 70.4 Å². The number of halogens is 1. The Morgan fingerprint density at radius 3 is 2.81 bits per heavy atom. The lowest BCUT2D eigenvalue weighted by molar-refractivity contribution is -0.0591.